The van der Waals surface area contributed by atoms with Crippen molar-refractivity contribution in [1.29, 1.82) is 0 Å². The molecule has 0 aliphatic rings. The molecule has 0 fully saturated rings. The first-order valence-electron chi connectivity index (χ1n) is 5.28. The zero-order valence-electron chi connectivity index (χ0n) is 11.6. The van der Waals surface area contributed by atoms with E-state index < -0.39 is 43.7 Å². The topological polar surface area (TPSA) is 93.0 Å². The van der Waals surface area contributed by atoms with Crippen molar-refractivity contribution in [2.45, 2.75) is 17.8 Å². The van der Waals surface area contributed by atoms with Gasteiger partial charge in [-0.05, 0) is 5.56 Å². The predicted octanol–water partition coefficient (Wildman–Crippen LogP) is 0.0162. The molecule has 1 N–H and O–H groups in total. The molecule has 0 radical (unpaired) electrons. The van der Waals surface area contributed by atoms with Gasteiger partial charge >= 0.3 is 83.4 Å². The van der Waals surface area contributed by atoms with E-state index in [0.717, 1.165) is 24.3 Å². The van der Waals surface area contributed by atoms with Gasteiger partial charge in [0.05, 0.1) is 0 Å². The van der Waals surface area contributed by atoms with Gasteiger partial charge in [-0.2, -0.15) is 39.0 Å². The third kappa shape index (κ3) is 6.87. The molecule has 1 aromatic rings. The van der Waals surface area contributed by atoms with Gasteiger partial charge in [-0.25, -0.2) is 4.18 Å². The molecule has 0 bridgehead atoms. The number of nitrogens with zero attached hydrogens (tertiary/aromatic N) is 1. The molecular formula is C9H7F6KNO5S2+. The van der Waals surface area contributed by atoms with Crippen molar-refractivity contribution in [2.24, 2.45) is 3.77 Å². The summed E-state index contributed by atoms with van der Waals surface area (Å²) >= 11 is 0. The van der Waals surface area contributed by atoms with Crippen LogP contribution >= 0.6 is 0 Å². The fraction of sp³-hybridized carbons (Fsp3) is 0.333. The smallest absolute Gasteiger partial charge is 0.278 e. The summed E-state index contributed by atoms with van der Waals surface area (Å²) in [5, 5.41) is 0. The van der Waals surface area contributed by atoms with E-state index in [4.69, 9.17) is 4.55 Å². The molecule has 15 heteroatoms. The fourth-order valence-electron chi connectivity index (χ4n) is 1.24. The molecule has 2 atom stereocenters. The van der Waals surface area contributed by atoms with Crippen LogP contribution in [-0.4, -0.2) is 28.9 Å². The minimum atomic E-state index is -6.52. The van der Waals surface area contributed by atoms with Crippen LogP contribution < -0.4 is 51.4 Å². The largest absolute Gasteiger partial charge is 1.00 e. The zero-order chi connectivity index (χ0) is 18.1. The Kier molecular flexibility index (Phi) is 8.39. The van der Waals surface area contributed by atoms with E-state index in [1.807, 2.05) is 0 Å². The summed E-state index contributed by atoms with van der Waals surface area (Å²) in [7, 11) is -12.3. The molecule has 1 aromatic carbocycles. The number of halogens is 6. The van der Waals surface area contributed by atoms with E-state index in [-0.39, 0.29) is 51.4 Å². The van der Waals surface area contributed by atoms with Gasteiger partial charge in [0.1, 0.15) is 0 Å². The number of alkyl halides is 6. The SMILES string of the molecule is O=S(=O)(N=S(=O)(O)OC(c1ccccc1)C(F)(F)F)C(F)(F)F.[K+]. The van der Waals surface area contributed by atoms with Gasteiger partial charge in [0.2, 0.25) is 0 Å². The Morgan fingerprint density at radius 2 is 1.46 bits per heavy atom. The molecule has 0 amide bonds. The van der Waals surface area contributed by atoms with Crippen molar-refractivity contribution < 1.29 is 99.1 Å². The van der Waals surface area contributed by atoms with Crippen LogP contribution in [0.15, 0.2) is 34.1 Å². The number of hydrogen-bond donors (Lipinski definition) is 1. The molecule has 2 unspecified atom stereocenters. The van der Waals surface area contributed by atoms with Crippen LogP contribution in [0.4, 0.5) is 26.3 Å². The molecule has 0 aliphatic heterocycles. The van der Waals surface area contributed by atoms with E-state index >= 15 is 0 Å². The number of rotatable bonds is 4. The van der Waals surface area contributed by atoms with E-state index in [1.165, 1.54) is 9.83 Å². The van der Waals surface area contributed by atoms with Gasteiger partial charge in [-0.1, -0.05) is 34.1 Å². The second-order valence-electron chi connectivity index (χ2n) is 3.87. The molecule has 0 heterocycles. The second kappa shape index (κ2) is 8.30. The summed E-state index contributed by atoms with van der Waals surface area (Å²) in [5.74, 6) is 0. The summed E-state index contributed by atoms with van der Waals surface area (Å²) in [6.07, 6.45) is -8.47. The van der Waals surface area contributed by atoms with Crippen molar-refractivity contribution in [3.63, 3.8) is 0 Å². The van der Waals surface area contributed by atoms with E-state index in [2.05, 4.69) is 4.18 Å². The van der Waals surface area contributed by atoms with Gasteiger partial charge in [-0.3, -0.25) is 4.55 Å². The Bertz CT molecular complexity index is 770. The molecule has 24 heavy (non-hydrogen) atoms. The Morgan fingerprint density at radius 3 is 1.83 bits per heavy atom. The minimum Gasteiger partial charge on any atom is -0.278 e. The van der Waals surface area contributed by atoms with Crippen molar-refractivity contribution in [3.05, 3.63) is 35.9 Å². The molecule has 1 rings (SSSR count). The quantitative estimate of drug-likeness (QED) is 0.541. The van der Waals surface area contributed by atoms with Crippen molar-refractivity contribution in [1.82, 2.24) is 0 Å². The summed E-state index contributed by atoms with van der Waals surface area (Å²) in [4.78, 5) is 0. The maximum absolute atomic E-state index is 12.8. The van der Waals surface area contributed by atoms with Gasteiger partial charge in [-0.15, -0.1) is 0 Å². The van der Waals surface area contributed by atoms with Crippen LogP contribution in [0.3, 0.4) is 0 Å². The molecule has 132 valence electrons. The number of benzene rings is 1. The molecule has 0 saturated heterocycles. The average Bonchev–Trinajstić information content (AvgIpc) is 2.33. The van der Waals surface area contributed by atoms with Crippen LogP contribution in [0.1, 0.15) is 11.7 Å². The first kappa shape index (κ1) is 24.3. The average molecular weight is 426 g/mol. The second-order valence-corrected chi connectivity index (χ2v) is 6.97. The molecule has 0 aliphatic carbocycles. The van der Waals surface area contributed by atoms with Crippen LogP contribution in [0, 0.1) is 0 Å². The van der Waals surface area contributed by atoms with Gasteiger partial charge in [0.25, 0.3) is 0 Å². The fourth-order valence-corrected chi connectivity index (χ4v) is 3.18. The van der Waals surface area contributed by atoms with Crippen molar-refractivity contribution >= 4 is 20.3 Å². The molecule has 0 saturated carbocycles. The monoisotopic (exact) mass is 426 g/mol. The van der Waals surface area contributed by atoms with E-state index in [1.54, 1.807) is 0 Å². The van der Waals surface area contributed by atoms with Gasteiger partial charge in [0.15, 0.2) is 6.10 Å². The van der Waals surface area contributed by atoms with Crippen molar-refractivity contribution in [2.75, 3.05) is 0 Å². The maximum atomic E-state index is 12.8. The van der Waals surface area contributed by atoms with Crippen molar-refractivity contribution in [3.8, 4) is 0 Å². The minimum absolute atomic E-state index is 0. The standard InChI is InChI=1S/C9H7F6NO5S2.K/c10-8(11,12)7(6-4-2-1-3-5-6)21-23(19,20)16-22(17,18)9(13,14)15;/h1-5,7H,(H,16,19,20);/q;+1. The number of hydrogen-bond acceptors (Lipinski definition) is 4. The first-order valence-corrected chi connectivity index (χ1v) is 8.11. The molecule has 0 spiro atoms. The third-order valence-electron chi connectivity index (χ3n) is 2.11. The summed E-state index contributed by atoms with van der Waals surface area (Å²) in [6.45, 7) is 0. The van der Waals surface area contributed by atoms with E-state index in [0.29, 0.717) is 0 Å². The van der Waals surface area contributed by atoms with Crippen LogP contribution in [0.25, 0.3) is 0 Å². The van der Waals surface area contributed by atoms with Crippen LogP contribution in [0.5, 0.6) is 0 Å². The Hall–Kier alpha value is 0.256. The van der Waals surface area contributed by atoms with Gasteiger partial charge in [0, 0.05) is 0 Å². The Balaban J connectivity index is 0.00000529. The van der Waals surface area contributed by atoms with Crippen LogP contribution in [0.2, 0.25) is 0 Å². The Labute approximate surface area is 175 Å². The molecule has 0 aromatic heterocycles. The van der Waals surface area contributed by atoms with Gasteiger partial charge < -0.3 is 0 Å². The number of sulfonamides is 1. The third-order valence-corrected chi connectivity index (χ3v) is 4.67. The van der Waals surface area contributed by atoms with Crippen LogP contribution in [-0.2, 0) is 24.5 Å². The molecular weight excluding hydrogens is 419 g/mol. The molecule has 6 nitrogen and oxygen atoms in total. The predicted molar refractivity (Wildman–Crippen MR) is 64.5 cm³/mol. The Morgan fingerprint density at radius 1 is 1.00 bits per heavy atom. The summed E-state index contributed by atoms with van der Waals surface area (Å²) in [5.41, 5.74) is -6.80. The van der Waals surface area contributed by atoms with E-state index in [9.17, 15) is 39.0 Å². The first-order chi connectivity index (χ1) is 10.2. The normalized spacial score (nSPS) is 16.6. The summed E-state index contributed by atoms with van der Waals surface area (Å²) in [6, 6.07) is 5.12. The summed E-state index contributed by atoms with van der Waals surface area (Å²) < 4.78 is 121. The maximum Gasteiger partial charge on any atom is 1.00 e. The zero-order valence-corrected chi connectivity index (χ0v) is 16.3.